The van der Waals surface area contributed by atoms with Crippen molar-refractivity contribution in [3.05, 3.63) is 29.8 Å². The average Bonchev–Trinajstić information content (AvgIpc) is 2.52. The molecule has 2 N–H and O–H groups in total. The maximum atomic E-state index is 12.4. The summed E-state index contributed by atoms with van der Waals surface area (Å²) in [5, 5.41) is 11.7. The summed E-state index contributed by atoms with van der Waals surface area (Å²) in [6.07, 6.45) is 1.43. The summed E-state index contributed by atoms with van der Waals surface area (Å²) in [6, 6.07) is 7.32. The Hall–Kier alpha value is -1.88. The van der Waals surface area contributed by atoms with Crippen molar-refractivity contribution in [2.75, 3.05) is 18.1 Å². The van der Waals surface area contributed by atoms with Gasteiger partial charge in [0.25, 0.3) is 0 Å². The van der Waals surface area contributed by atoms with Gasteiger partial charge in [0.1, 0.15) is 0 Å². The Morgan fingerprint density at radius 3 is 2.81 bits per heavy atom. The van der Waals surface area contributed by atoms with Gasteiger partial charge < -0.3 is 15.3 Å². The number of fused-ring (bicyclic) bond motifs is 1. The molecule has 2 atom stereocenters. The van der Waals surface area contributed by atoms with Gasteiger partial charge in [-0.15, -0.1) is 0 Å². The van der Waals surface area contributed by atoms with Crippen LogP contribution in [-0.2, 0) is 9.59 Å². The first-order valence-corrected chi connectivity index (χ1v) is 7.40. The van der Waals surface area contributed by atoms with Gasteiger partial charge in [-0.2, -0.15) is 0 Å². The Balaban J connectivity index is 2.17. The van der Waals surface area contributed by atoms with Crippen molar-refractivity contribution < 1.29 is 14.7 Å². The number of carbonyl (C=O) groups excluding carboxylic acids is 2. The molecule has 0 spiro atoms. The van der Waals surface area contributed by atoms with Crippen molar-refractivity contribution in [3.63, 3.8) is 0 Å². The predicted molar refractivity (Wildman–Crippen MR) is 81.1 cm³/mol. The molecule has 2 rings (SSSR count). The van der Waals surface area contributed by atoms with Crippen LogP contribution in [0.5, 0.6) is 0 Å². The molecule has 2 amide bonds. The van der Waals surface area contributed by atoms with Gasteiger partial charge >= 0.3 is 11.8 Å². The summed E-state index contributed by atoms with van der Waals surface area (Å²) in [7, 11) is 0. The lowest BCUT2D eigenvalue weighted by Crippen LogP contribution is -2.49. The van der Waals surface area contributed by atoms with Crippen molar-refractivity contribution in [2.24, 2.45) is 0 Å². The first kappa shape index (κ1) is 15.5. The molecular weight excluding hydrogens is 268 g/mol. The minimum absolute atomic E-state index is 0.164. The average molecular weight is 290 g/mol. The number of rotatable bonds is 3. The first-order chi connectivity index (χ1) is 10.1. The van der Waals surface area contributed by atoms with Gasteiger partial charge in [-0.05, 0) is 30.4 Å². The van der Waals surface area contributed by atoms with E-state index in [1.807, 2.05) is 31.2 Å². The highest BCUT2D eigenvalue weighted by molar-refractivity contribution is 6.40. The third kappa shape index (κ3) is 3.24. The van der Waals surface area contributed by atoms with E-state index >= 15 is 0 Å². The fraction of sp³-hybridized carbons (Fsp3) is 0.500. The summed E-state index contributed by atoms with van der Waals surface area (Å²) in [6.45, 7) is 4.35. The van der Waals surface area contributed by atoms with E-state index in [9.17, 15) is 9.59 Å². The fourth-order valence-corrected chi connectivity index (χ4v) is 2.61. The van der Waals surface area contributed by atoms with Crippen LogP contribution in [0.3, 0.4) is 0 Å². The van der Waals surface area contributed by atoms with E-state index < -0.39 is 11.8 Å². The van der Waals surface area contributed by atoms with E-state index in [0.717, 1.165) is 17.7 Å². The van der Waals surface area contributed by atoms with Gasteiger partial charge in [0.05, 0.1) is 12.6 Å². The zero-order chi connectivity index (χ0) is 15.4. The summed E-state index contributed by atoms with van der Waals surface area (Å²) in [4.78, 5) is 26.0. The number of hydrogen-bond acceptors (Lipinski definition) is 3. The number of carbonyl (C=O) groups is 2. The van der Waals surface area contributed by atoms with Crippen LogP contribution in [0.15, 0.2) is 24.3 Å². The number of nitrogens with zero attached hydrogens (tertiary/aromatic N) is 1. The molecule has 1 aliphatic heterocycles. The molecule has 0 radical (unpaired) electrons. The number of hydrogen-bond donors (Lipinski definition) is 2. The second-order valence-corrected chi connectivity index (χ2v) is 5.47. The summed E-state index contributed by atoms with van der Waals surface area (Å²) >= 11 is 0. The third-order valence-electron chi connectivity index (χ3n) is 4.03. The van der Waals surface area contributed by atoms with E-state index in [1.54, 1.807) is 0 Å². The topological polar surface area (TPSA) is 69.6 Å². The SMILES string of the molecule is CCC(CO)NC(=O)C(=O)N1CCC(C)c2ccccc21. The minimum Gasteiger partial charge on any atom is -0.394 e. The smallest absolute Gasteiger partial charge is 0.316 e. The Morgan fingerprint density at radius 1 is 1.43 bits per heavy atom. The number of amides is 2. The Labute approximate surface area is 125 Å². The molecule has 0 bridgehead atoms. The lowest BCUT2D eigenvalue weighted by molar-refractivity contribution is -0.138. The second-order valence-electron chi connectivity index (χ2n) is 5.47. The minimum atomic E-state index is -0.653. The molecule has 114 valence electrons. The molecule has 5 nitrogen and oxygen atoms in total. The number of anilines is 1. The zero-order valence-electron chi connectivity index (χ0n) is 12.5. The van der Waals surface area contributed by atoms with E-state index in [0.29, 0.717) is 18.9 Å². The molecule has 1 aromatic carbocycles. The van der Waals surface area contributed by atoms with Crippen LogP contribution in [-0.4, -0.2) is 36.1 Å². The summed E-state index contributed by atoms with van der Waals surface area (Å²) in [5.41, 5.74) is 1.91. The molecule has 1 aliphatic rings. The normalized spacial score (nSPS) is 18.8. The molecule has 1 heterocycles. The highest BCUT2D eigenvalue weighted by Crippen LogP contribution is 2.34. The van der Waals surface area contributed by atoms with E-state index in [2.05, 4.69) is 12.2 Å². The van der Waals surface area contributed by atoms with Crippen LogP contribution in [0.1, 0.15) is 38.2 Å². The van der Waals surface area contributed by atoms with E-state index in [-0.39, 0.29) is 12.6 Å². The zero-order valence-corrected chi connectivity index (χ0v) is 12.5. The van der Waals surface area contributed by atoms with Crippen LogP contribution in [0, 0.1) is 0 Å². The maximum Gasteiger partial charge on any atom is 0.316 e. The third-order valence-corrected chi connectivity index (χ3v) is 4.03. The standard InChI is InChI=1S/C16H22N2O3/c1-3-12(10-19)17-15(20)16(21)18-9-8-11(2)13-6-4-5-7-14(13)18/h4-7,11-12,19H,3,8-10H2,1-2H3,(H,17,20). The number of aliphatic hydroxyl groups excluding tert-OH is 1. The molecule has 21 heavy (non-hydrogen) atoms. The molecule has 0 aliphatic carbocycles. The van der Waals surface area contributed by atoms with Gasteiger partial charge in [0.2, 0.25) is 0 Å². The highest BCUT2D eigenvalue weighted by atomic mass is 16.3. The number of nitrogens with one attached hydrogen (secondary N) is 1. The van der Waals surface area contributed by atoms with Gasteiger partial charge in [-0.1, -0.05) is 32.0 Å². The number of para-hydroxylation sites is 1. The molecule has 1 aromatic rings. The van der Waals surface area contributed by atoms with Crippen LogP contribution < -0.4 is 10.2 Å². The molecular formula is C16H22N2O3. The molecule has 5 heteroatoms. The van der Waals surface area contributed by atoms with Crippen LogP contribution in [0.2, 0.25) is 0 Å². The molecule has 0 fully saturated rings. The number of benzene rings is 1. The largest absolute Gasteiger partial charge is 0.394 e. The van der Waals surface area contributed by atoms with Gasteiger partial charge in [-0.3, -0.25) is 9.59 Å². The van der Waals surface area contributed by atoms with Crippen molar-refractivity contribution in [3.8, 4) is 0 Å². The fourth-order valence-electron chi connectivity index (χ4n) is 2.61. The number of aliphatic hydroxyl groups is 1. The molecule has 0 aromatic heterocycles. The second kappa shape index (κ2) is 6.72. The summed E-state index contributed by atoms with van der Waals surface area (Å²) < 4.78 is 0. The van der Waals surface area contributed by atoms with Gasteiger partial charge in [0.15, 0.2) is 0 Å². The predicted octanol–water partition coefficient (Wildman–Crippen LogP) is 1.41. The summed E-state index contributed by atoms with van der Waals surface area (Å²) in [5.74, 6) is -0.823. The quantitative estimate of drug-likeness (QED) is 0.827. The monoisotopic (exact) mass is 290 g/mol. The van der Waals surface area contributed by atoms with Crippen LogP contribution in [0.25, 0.3) is 0 Å². The van der Waals surface area contributed by atoms with Crippen LogP contribution in [0.4, 0.5) is 5.69 Å². The molecule has 2 unspecified atom stereocenters. The first-order valence-electron chi connectivity index (χ1n) is 7.40. The maximum absolute atomic E-state index is 12.4. The Bertz CT molecular complexity index is 526. The van der Waals surface area contributed by atoms with E-state index in [4.69, 9.17) is 5.11 Å². The van der Waals surface area contributed by atoms with E-state index in [1.165, 1.54) is 4.90 Å². The highest BCUT2D eigenvalue weighted by Gasteiger charge is 2.30. The van der Waals surface area contributed by atoms with Crippen molar-refractivity contribution in [1.82, 2.24) is 5.32 Å². The Kier molecular flexibility index (Phi) is 4.96. The van der Waals surface area contributed by atoms with Gasteiger partial charge in [0, 0.05) is 12.2 Å². The van der Waals surface area contributed by atoms with Crippen molar-refractivity contribution in [1.29, 1.82) is 0 Å². The van der Waals surface area contributed by atoms with Crippen molar-refractivity contribution in [2.45, 2.75) is 38.6 Å². The lowest BCUT2D eigenvalue weighted by Gasteiger charge is -2.32. The molecule has 0 saturated carbocycles. The Morgan fingerprint density at radius 2 is 2.14 bits per heavy atom. The van der Waals surface area contributed by atoms with Crippen molar-refractivity contribution >= 4 is 17.5 Å². The lowest BCUT2D eigenvalue weighted by atomic mass is 9.91. The van der Waals surface area contributed by atoms with Crippen LogP contribution >= 0.6 is 0 Å². The van der Waals surface area contributed by atoms with Gasteiger partial charge in [-0.25, -0.2) is 0 Å². The molecule has 0 saturated heterocycles.